The molecule has 0 radical (unpaired) electrons. The van der Waals surface area contributed by atoms with Crippen LogP contribution in [0.4, 0.5) is 5.69 Å². The maximum atomic E-state index is 11.0. The molecule has 7 nitrogen and oxygen atoms in total. The Morgan fingerprint density at radius 3 is 2.80 bits per heavy atom. The molecule has 104 valence electrons. The SMILES string of the molecule is Cc1nn(Cc2ccc(Br)cc2[N+](=O)[O-])cc1C(=O)O. The molecule has 2 aromatic rings. The summed E-state index contributed by atoms with van der Waals surface area (Å²) in [6.07, 6.45) is 1.36. The molecule has 8 heteroatoms. The van der Waals surface area contributed by atoms with Crippen molar-refractivity contribution in [2.45, 2.75) is 13.5 Å². The molecule has 20 heavy (non-hydrogen) atoms. The summed E-state index contributed by atoms with van der Waals surface area (Å²) >= 11 is 3.18. The normalized spacial score (nSPS) is 10.5. The number of carboxylic acid groups (broad SMARTS) is 1. The van der Waals surface area contributed by atoms with Gasteiger partial charge in [0.2, 0.25) is 0 Å². The van der Waals surface area contributed by atoms with E-state index < -0.39 is 10.9 Å². The van der Waals surface area contributed by atoms with Crippen LogP contribution in [0.3, 0.4) is 0 Å². The first-order valence-corrected chi connectivity index (χ1v) is 6.38. The number of hydrogen-bond donors (Lipinski definition) is 1. The molecule has 0 saturated heterocycles. The predicted molar refractivity (Wildman–Crippen MR) is 73.8 cm³/mol. The van der Waals surface area contributed by atoms with Gasteiger partial charge in [-0.15, -0.1) is 0 Å². The highest BCUT2D eigenvalue weighted by atomic mass is 79.9. The maximum absolute atomic E-state index is 11.0. The molecule has 2 rings (SSSR count). The smallest absolute Gasteiger partial charge is 0.339 e. The molecule has 1 heterocycles. The van der Waals surface area contributed by atoms with Gasteiger partial charge in [-0.25, -0.2) is 4.79 Å². The van der Waals surface area contributed by atoms with E-state index in [-0.39, 0.29) is 17.8 Å². The molecule has 0 fully saturated rings. The number of aryl methyl sites for hydroxylation is 1. The molecule has 0 spiro atoms. The lowest BCUT2D eigenvalue weighted by molar-refractivity contribution is -0.385. The maximum Gasteiger partial charge on any atom is 0.339 e. The number of carbonyl (C=O) groups is 1. The fraction of sp³-hybridized carbons (Fsp3) is 0.167. The van der Waals surface area contributed by atoms with Gasteiger partial charge in [-0.2, -0.15) is 5.10 Å². The summed E-state index contributed by atoms with van der Waals surface area (Å²) < 4.78 is 1.99. The second-order valence-corrected chi connectivity index (χ2v) is 5.08. The minimum Gasteiger partial charge on any atom is -0.478 e. The third-order valence-corrected chi connectivity index (χ3v) is 3.25. The standard InChI is InChI=1S/C12H10BrN3O4/c1-7-10(12(17)18)6-15(14-7)5-8-2-3-9(13)4-11(8)16(19)20/h2-4,6H,5H2,1H3,(H,17,18). The van der Waals surface area contributed by atoms with Crippen molar-refractivity contribution in [3.8, 4) is 0 Å². The van der Waals surface area contributed by atoms with E-state index >= 15 is 0 Å². The largest absolute Gasteiger partial charge is 0.478 e. The van der Waals surface area contributed by atoms with Gasteiger partial charge >= 0.3 is 5.97 Å². The zero-order chi connectivity index (χ0) is 14.9. The summed E-state index contributed by atoms with van der Waals surface area (Å²) in [5.41, 5.74) is 0.879. The molecular weight excluding hydrogens is 330 g/mol. The first-order chi connectivity index (χ1) is 9.38. The first kappa shape index (κ1) is 14.2. The highest BCUT2D eigenvalue weighted by Crippen LogP contribution is 2.24. The Morgan fingerprint density at radius 1 is 1.55 bits per heavy atom. The van der Waals surface area contributed by atoms with E-state index in [0.29, 0.717) is 15.7 Å². The van der Waals surface area contributed by atoms with E-state index in [9.17, 15) is 14.9 Å². The van der Waals surface area contributed by atoms with Crippen LogP contribution in [-0.4, -0.2) is 25.8 Å². The molecule has 1 aromatic carbocycles. The molecule has 0 aliphatic heterocycles. The summed E-state index contributed by atoms with van der Waals surface area (Å²) in [7, 11) is 0. The van der Waals surface area contributed by atoms with Gasteiger partial charge in [0.15, 0.2) is 0 Å². The van der Waals surface area contributed by atoms with Gasteiger partial charge in [-0.05, 0) is 19.1 Å². The van der Waals surface area contributed by atoms with Crippen molar-refractivity contribution in [3.05, 3.63) is 55.8 Å². The Morgan fingerprint density at radius 2 is 2.25 bits per heavy atom. The van der Waals surface area contributed by atoms with Gasteiger partial charge in [0, 0.05) is 16.7 Å². The van der Waals surface area contributed by atoms with Gasteiger partial charge in [-0.3, -0.25) is 14.8 Å². The Hall–Kier alpha value is -2.22. The number of nitrogens with zero attached hydrogens (tertiary/aromatic N) is 3. The van der Waals surface area contributed by atoms with Crippen LogP contribution in [0, 0.1) is 17.0 Å². The van der Waals surface area contributed by atoms with Crippen LogP contribution in [0.2, 0.25) is 0 Å². The van der Waals surface area contributed by atoms with E-state index in [1.54, 1.807) is 19.1 Å². The predicted octanol–water partition coefficient (Wildman–Crippen LogP) is 2.61. The highest BCUT2D eigenvalue weighted by Gasteiger charge is 2.17. The molecule has 0 bridgehead atoms. The van der Waals surface area contributed by atoms with E-state index in [0.717, 1.165) is 0 Å². The zero-order valence-electron chi connectivity index (χ0n) is 10.4. The zero-order valence-corrected chi connectivity index (χ0v) is 12.0. The quantitative estimate of drug-likeness (QED) is 0.681. The molecule has 0 unspecified atom stereocenters. The molecule has 0 aliphatic carbocycles. The molecule has 0 saturated carbocycles. The van der Waals surface area contributed by atoms with Crippen LogP contribution < -0.4 is 0 Å². The summed E-state index contributed by atoms with van der Waals surface area (Å²) in [6, 6.07) is 4.71. The highest BCUT2D eigenvalue weighted by molar-refractivity contribution is 9.10. The summed E-state index contributed by atoms with van der Waals surface area (Å²) in [5, 5.41) is 24.0. The molecular formula is C12H10BrN3O4. The fourth-order valence-electron chi connectivity index (χ4n) is 1.82. The number of benzene rings is 1. The Balaban J connectivity index is 2.37. The van der Waals surface area contributed by atoms with Crippen molar-refractivity contribution >= 4 is 27.6 Å². The molecule has 0 atom stereocenters. The van der Waals surface area contributed by atoms with E-state index in [2.05, 4.69) is 21.0 Å². The van der Waals surface area contributed by atoms with Gasteiger partial charge in [-0.1, -0.05) is 15.9 Å². The average Bonchev–Trinajstić information content (AvgIpc) is 2.72. The second-order valence-electron chi connectivity index (χ2n) is 4.16. The van der Waals surface area contributed by atoms with E-state index in [1.165, 1.54) is 16.9 Å². The van der Waals surface area contributed by atoms with Crippen LogP contribution in [0.5, 0.6) is 0 Å². The molecule has 0 aliphatic rings. The van der Waals surface area contributed by atoms with E-state index in [1.807, 2.05) is 0 Å². The van der Waals surface area contributed by atoms with Gasteiger partial charge in [0.05, 0.1) is 22.7 Å². The fourth-order valence-corrected chi connectivity index (χ4v) is 2.17. The number of hydrogen-bond acceptors (Lipinski definition) is 4. The number of nitro benzene ring substituents is 1. The molecule has 0 amide bonds. The number of aromatic nitrogens is 2. The Bertz CT molecular complexity index is 696. The molecule has 1 aromatic heterocycles. The van der Waals surface area contributed by atoms with Crippen molar-refractivity contribution in [1.29, 1.82) is 0 Å². The number of rotatable bonds is 4. The molecule has 1 N–H and O–H groups in total. The topological polar surface area (TPSA) is 98.3 Å². The number of carboxylic acids is 1. The number of halogens is 1. The van der Waals surface area contributed by atoms with Crippen molar-refractivity contribution in [2.24, 2.45) is 0 Å². The van der Waals surface area contributed by atoms with Gasteiger partial charge < -0.3 is 5.11 Å². The summed E-state index contributed by atoms with van der Waals surface area (Å²) in [6.45, 7) is 1.72. The first-order valence-electron chi connectivity index (χ1n) is 5.58. The third-order valence-electron chi connectivity index (χ3n) is 2.75. The van der Waals surface area contributed by atoms with Crippen LogP contribution in [0.1, 0.15) is 21.6 Å². The van der Waals surface area contributed by atoms with Gasteiger partial charge in [0.25, 0.3) is 5.69 Å². The van der Waals surface area contributed by atoms with Crippen molar-refractivity contribution in [3.63, 3.8) is 0 Å². The lowest BCUT2D eigenvalue weighted by Crippen LogP contribution is -2.04. The average molecular weight is 340 g/mol. The van der Waals surface area contributed by atoms with Crippen LogP contribution in [0.25, 0.3) is 0 Å². The monoisotopic (exact) mass is 339 g/mol. The lowest BCUT2D eigenvalue weighted by atomic mass is 10.2. The second kappa shape index (κ2) is 5.41. The summed E-state index contributed by atoms with van der Waals surface area (Å²) in [4.78, 5) is 21.5. The van der Waals surface area contributed by atoms with Crippen molar-refractivity contribution < 1.29 is 14.8 Å². The summed E-state index contributed by atoms with van der Waals surface area (Å²) in [5.74, 6) is -1.07. The Kier molecular flexibility index (Phi) is 3.84. The minimum atomic E-state index is -1.07. The Labute approximate surface area is 122 Å². The van der Waals surface area contributed by atoms with Crippen molar-refractivity contribution in [1.82, 2.24) is 9.78 Å². The van der Waals surface area contributed by atoms with Gasteiger partial charge in [0.1, 0.15) is 5.56 Å². The van der Waals surface area contributed by atoms with Crippen LogP contribution >= 0.6 is 15.9 Å². The lowest BCUT2D eigenvalue weighted by Gasteiger charge is -2.03. The van der Waals surface area contributed by atoms with Crippen LogP contribution in [-0.2, 0) is 6.54 Å². The minimum absolute atomic E-state index is 0.0376. The van der Waals surface area contributed by atoms with Crippen molar-refractivity contribution in [2.75, 3.05) is 0 Å². The third kappa shape index (κ3) is 2.85. The van der Waals surface area contributed by atoms with E-state index in [4.69, 9.17) is 5.11 Å². The van der Waals surface area contributed by atoms with Crippen LogP contribution in [0.15, 0.2) is 28.9 Å². The number of aromatic carboxylic acids is 1. The number of nitro groups is 1.